The molecule has 0 spiro atoms. The zero-order valence-electron chi connectivity index (χ0n) is 9.61. The highest BCUT2D eigenvalue weighted by Crippen LogP contribution is 2.11. The van der Waals surface area contributed by atoms with Gasteiger partial charge in [-0.2, -0.15) is 0 Å². The molecule has 4 N–H and O–H groups in total. The van der Waals surface area contributed by atoms with Gasteiger partial charge >= 0.3 is 0 Å². The van der Waals surface area contributed by atoms with Gasteiger partial charge in [-0.05, 0) is 17.7 Å². The molecule has 0 atom stereocenters. The van der Waals surface area contributed by atoms with Gasteiger partial charge in [0.25, 0.3) is 0 Å². The predicted octanol–water partition coefficient (Wildman–Crippen LogP) is 0.656. The third-order valence-corrected chi connectivity index (χ3v) is 2.25. The Kier molecular flexibility index (Phi) is 5.38. The molecule has 1 rings (SSSR count). The molecule has 0 heterocycles. The van der Waals surface area contributed by atoms with Crippen molar-refractivity contribution in [3.63, 3.8) is 0 Å². The fraction of sp³-hybridized carbons (Fsp3) is 0.364. The number of halogens is 1. The van der Waals surface area contributed by atoms with Crippen LogP contribution in [0.1, 0.15) is 11.1 Å². The topological polar surface area (TPSA) is 79.9 Å². The van der Waals surface area contributed by atoms with Crippen LogP contribution < -0.4 is 11.1 Å². The Bertz CT molecular complexity index is 396. The molecule has 1 aromatic rings. The van der Waals surface area contributed by atoms with Gasteiger partial charge < -0.3 is 21.0 Å². The highest BCUT2D eigenvalue weighted by Gasteiger charge is 2.08. The lowest BCUT2D eigenvalue weighted by Crippen LogP contribution is -2.22. The molecule has 0 unspecified atom stereocenters. The van der Waals surface area contributed by atoms with E-state index in [-0.39, 0.29) is 5.84 Å². The summed E-state index contributed by atoms with van der Waals surface area (Å²) >= 11 is 0. The SMILES string of the molecule is COCCNCc1ccc(F)cc1C(N)=NO. The second kappa shape index (κ2) is 6.82. The molecule has 0 aliphatic rings. The number of oxime groups is 1. The van der Waals surface area contributed by atoms with Crippen LogP contribution in [-0.2, 0) is 11.3 Å². The van der Waals surface area contributed by atoms with Gasteiger partial charge in [-0.15, -0.1) is 0 Å². The Morgan fingerprint density at radius 3 is 3.00 bits per heavy atom. The van der Waals surface area contributed by atoms with Gasteiger partial charge in [0.2, 0.25) is 0 Å². The molecule has 94 valence electrons. The quantitative estimate of drug-likeness (QED) is 0.225. The van der Waals surface area contributed by atoms with E-state index in [2.05, 4.69) is 10.5 Å². The molecule has 0 fully saturated rings. The van der Waals surface area contributed by atoms with Crippen molar-refractivity contribution in [2.75, 3.05) is 20.3 Å². The zero-order valence-corrected chi connectivity index (χ0v) is 9.61. The van der Waals surface area contributed by atoms with E-state index in [9.17, 15) is 4.39 Å². The summed E-state index contributed by atoms with van der Waals surface area (Å²) in [4.78, 5) is 0. The van der Waals surface area contributed by atoms with E-state index in [1.165, 1.54) is 12.1 Å². The molecule has 0 saturated heterocycles. The summed E-state index contributed by atoms with van der Waals surface area (Å²) in [5.41, 5.74) is 6.62. The van der Waals surface area contributed by atoms with E-state index in [4.69, 9.17) is 15.7 Å². The molecule has 0 aromatic heterocycles. The maximum Gasteiger partial charge on any atom is 0.170 e. The van der Waals surface area contributed by atoms with Crippen molar-refractivity contribution in [1.82, 2.24) is 5.32 Å². The van der Waals surface area contributed by atoms with Crippen molar-refractivity contribution >= 4 is 5.84 Å². The van der Waals surface area contributed by atoms with Crippen LogP contribution >= 0.6 is 0 Å². The van der Waals surface area contributed by atoms with Crippen molar-refractivity contribution in [1.29, 1.82) is 0 Å². The molecular weight excluding hydrogens is 225 g/mol. The van der Waals surface area contributed by atoms with E-state index >= 15 is 0 Å². The van der Waals surface area contributed by atoms with Gasteiger partial charge in [0.05, 0.1) is 6.61 Å². The van der Waals surface area contributed by atoms with E-state index in [1.807, 2.05) is 0 Å². The Morgan fingerprint density at radius 2 is 2.35 bits per heavy atom. The van der Waals surface area contributed by atoms with Crippen LogP contribution in [0.3, 0.4) is 0 Å². The van der Waals surface area contributed by atoms with E-state index in [0.717, 1.165) is 5.56 Å². The number of hydrogen-bond acceptors (Lipinski definition) is 4. The first-order valence-electron chi connectivity index (χ1n) is 5.15. The highest BCUT2D eigenvalue weighted by atomic mass is 19.1. The maximum atomic E-state index is 13.1. The molecule has 1 aromatic carbocycles. The maximum absolute atomic E-state index is 13.1. The van der Waals surface area contributed by atoms with Crippen LogP contribution in [-0.4, -0.2) is 31.3 Å². The first-order valence-corrected chi connectivity index (χ1v) is 5.15. The summed E-state index contributed by atoms with van der Waals surface area (Å²) in [5, 5.41) is 14.6. The first kappa shape index (κ1) is 13.4. The molecule has 0 aliphatic heterocycles. The molecule has 17 heavy (non-hydrogen) atoms. The van der Waals surface area contributed by atoms with E-state index in [1.54, 1.807) is 13.2 Å². The van der Waals surface area contributed by atoms with Crippen molar-refractivity contribution in [3.05, 3.63) is 35.1 Å². The van der Waals surface area contributed by atoms with Crippen LogP contribution in [0.5, 0.6) is 0 Å². The van der Waals surface area contributed by atoms with Crippen LogP contribution in [0.15, 0.2) is 23.4 Å². The summed E-state index contributed by atoms with van der Waals surface area (Å²) in [6.45, 7) is 1.75. The molecule has 0 aliphatic carbocycles. The highest BCUT2D eigenvalue weighted by molar-refractivity contribution is 5.98. The Labute approximate surface area is 99.1 Å². The van der Waals surface area contributed by atoms with Crippen LogP contribution in [0.25, 0.3) is 0 Å². The average molecular weight is 241 g/mol. The van der Waals surface area contributed by atoms with Crippen molar-refractivity contribution in [3.8, 4) is 0 Å². The lowest BCUT2D eigenvalue weighted by atomic mass is 10.1. The van der Waals surface area contributed by atoms with Gasteiger partial charge in [0.1, 0.15) is 5.82 Å². The van der Waals surface area contributed by atoms with Crippen LogP contribution in [0, 0.1) is 5.82 Å². The van der Waals surface area contributed by atoms with Gasteiger partial charge in [0, 0.05) is 25.8 Å². The van der Waals surface area contributed by atoms with E-state index < -0.39 is 5.82 Å². The third-order valence-electron chi connectivity index (χ3n) is 2.25. The molecule has 0 radical (unpaired) electrons. The largest absolute Gasteiger partial charge is 0.409 e. The van der Waals surface area contributed by atoms with Gasteiger partial charge in [-0.1, -0.05) is 11.2 Å². The number of nitrogens with zero attached hydrogens (tertiary/aromatic N) is 1. The Balaban J connectivity index is 2.76. The number of methoxy groups -OCH3 is 1. The Morgan fingerprint density at radius 1 is 1.59 bits per heavy atom. The number of ether oxygens (including phenoxy) is 1. The number of hydrogen-bond donors (Lipinski definition) is 3. The predicted molar refractivity (Wildman–Crippen MR) is 62.5 cm³/mol. The minimum Gasteiger partial charge on any atom is -0.409 e. The zero-order chi connectivity index (χ0) is 12.7. The second-order valence-electron chi connectivity index (χ2n) is 3.46. The van der Waals surface area contributed by atoms with Gasteiger partial charge in [0.15, 0.2) is 5.84 Å². The van der Waals surface area contributed by atoms with Gasteiger partial charge in [-0.25, -0.2) is 4.39 Å². The summed E-state index contributed by atoms with van der Waals surface area (Å²) in [6.07, 6.45) is 0. The van der Waals surface area contributed by atoms with E-state index in [0.29, 0.717) is 25.3 Å². The first-order chi connectivity index (χ1) is 8.19. The molecule has 0 saturated carbocycles. The van der Waals surface area contributed by atoms with Crippen molar-refractivity contribution < 1.29 is 14.3 Å². The number of rotatable bonds is 6. The number of nitrogens with one attached hydrogen (secondary N) is 1. The lowest BCUT2D eigenvalue weighted by Gasteiger charge is -2.09. The normalized spacial score (nSPS) is 11.8. The number of nitrogens with two attached hydrogens (primary N) is 1. The van der Waals surface area contributed by atoms with Crippen molar-refractivity contribution in [2.45, 2.75) is 6.54 Å². The molecular formula is C11H16FN3O2. The summed E-state index contributed by atoms with van der Waals surface area (Å²) in [6, 6.07) is 4.17. The summed E-state index contributed by atoms with van der Waals surface area (Å²) in [5.74, 6) is -0.528. The molecule has 6 heteroatoms. The molecule has 0 amide bonds. The standard InChI is InChI=1S/C11H16FN3O2/c1-17-5-4-14-7-8-2-3-9(12)6-10(8)11(13)15-16/h2-3,6,14,16H,4-5,7H2,1H3,(H2,13,15). The van der Waals surface area contributed by atoms with Crippen molar-refractivity contribution in [2.24, 2.45) is 10.9 Å². The average Bonchev–Trinajstić information content (AvgIpc) is 2.35. The smallest absolute Gasteiger partial charge is 0.170 e. The fourth-order valence-electron chi connectivity index (χ4n) is 1.39. The van der Waals surface area contributed by atoms with Crippen LogP contribution in [0.2, 0.25) is 0 Å². The summed E-state index contributed by atoms with van der Waals surface area (Å²) in [7, 11) is 1.61. The number of benzene rings is 1. The van der Waals surface area contributed by atoms with Crippen LogP contribution in [0.4, 0.5) is 4.39 Å². The molecule has 0 bridgehead atoms. The summed E-state index contributed by atoms with van der Waals surface area (Å²) < 4.78 is 17.9. The Hall–Kier alpha value is -1.66. The number of amidine groups is 1. The minimum absolute atomic E-state index is 0.104. The lowest BCUT2D eigenvalue weighted by molar-refractivity contribution is 0.199. The monoisotopic (exact) mass is 241 g/mol. The minimum atomic E-state index is -0.424. The second-order valence-corrected chi connectivity index (χ2v) is 3.46. The third kappa shape index (κ3) is 4.01. The molecule has 5 nitrogen and oxygen atoms in total. The van der Waals surface area contributed by atoms with Gasteiger partial charge in [-0.3, -0.25) is 0 Å². The fourth-order valence-corrected chi connectivity index (χ4v) is 1.39.